The minimum atomic E-state index is -0.471. The SMILES string of the molecule is CCCCCCCC/C=C/CCCCCCCCOC(=O)C(C)CC(C)C(=O)Oc1ccc(C(C)(C)c2ccc(OC(=O)C(C)CC(C)C(=O)OCCCCCCCC/C=C/CCCCCCCC)cc2)cc1. The molecule has 0 aliphatic heterocycles. The molecule has 0 aliphatic carbocycles. The standard InChI is InChI=1S/C65H104O8/c1-9-11-13-15-17-19-21-23-25-27-29-31-33-35-37-39-49-70-61(66)53(3)51-55(5)63(68)72-59-45-41-57(42-46-59)65(7,8)58-43-47-60(48-44-58)73-64(69)56(6)52-54(4)62(67)71-50-40-38-36-34-32-30-28-26-24-22-20-18-16-14-12-10-2/h23-26,41-48,53-56H,9-22,27-40,49-52H2,1-8H3/b25-23+,26-24+. The lowest BCUT2D eigenvalue weighted by Crippen LogP contribution is -2.24. The molecule has 0 spiro atoms. The van der Waals surface area contributed by atoms with Crippen LogP contribution >= 0.6 is 0 Å². The summed E-state index contributed by atoms with van der Waals surface area (Å²) in [5.41, 5.74) is 1.64. The molecule has 412 valence electrons. The van der Waals surface area contributed by atoms with Gasteiger partial charge in [0, 0.05) is 5.41 Å². The first-order valence-corrected chi connectivity index (χ1v) is 29.6. The Kier molecular flexibility index (Phi) is 36.5. The summed E-state index contributed by atoms with van der Waals surface area (Å²) in [6.07, 6.45) is 44.7. The highest BCUT2D eigenvalue weighted by atomic mass is 16.5. The summed E-state index contributed by atoms with van der Waals surface area (Å²) in [6.45, 7) is 16.8. The molecule has 0 aromatic heterocycles. The highest BCUT2D eigenvalue weighted by molar-refractivity contribution is 5.78. The molecule has 0 heterocycles. The molecule has 0 bridgehead atoms. The first kappa shape index (κ1) is 64.9. The predicted molar refractivity (Wildman–Crippen MR) is 303 cm³/mol. The third-order valence-electron chi connectivity index (χ3n) is 14.4. The largest absolute Gasteiger partial charge is 0.465 e. The van der Waals surface area contributed by atoms with Crippen molar-refractivity contribution < 1.29 is 38.1 Å². The van der Waals surface area contributed by atoms with Gasteiger partial charge in [-0.2, -0.15) is 0 Å². The van der Waals surface area contributed by atoms with Crippen molar-refractivity contribution in [2.75, 3.05) is 13.2 Å². The molecule has 0 saturated carbocycles. The fourth-order valence-corrected chi connectivity index (χ4v) is 9.25. The second kappa shape index (κ2) is 41.1. The van der Waals surface area contributed by atoms with Crippen molar-refractivity contribution >= 4 is 23.9 Å². The smallest absolute Gasteiger partial charge is 0.314 e. The van der Waals surface area contributed by atoms with Crippen LogP contribution in [0.1, 0.15) is 259 Å². The van der Waals surface area contributed by atoms with Gasteiger partial charge in [0.25, 0.3) is 0 Å². The average molecular weight is 1010 g/mol. The number of allylic oxidation sites excluding steroid dienone is 4. The normalized spacial score (nSPS) is 13.5. The van der Waals surface area contributed by atoms with E-state index >= 15 is 0 Å². The van der Waals surface area contributed by atoms with Gasteiger partial charge in [-0.05, 0) is 112 Å². The second-order valence-corrected chi connectivity index (χ2v) is 21.8. The minimum Gasteiger partial charge on any atom is -0.465 e. The Morgan fingerprint density at radius 3 is 0.945 bits per heavy atom. The summed E-state index contributed by atoms with van der Waals surface area (Å²) < 4.78 is 22.6. The first-order valence-electron chi connectivity index (χ1n) is 29.6. The van der Waals surface area contributed by atoms with Crippen LogP contribution in [-0.2, 0) is 34.1 Å². The van der Waals surface area contributed by atoms with E-state index in [0.717, 1.165) is 49.7 Å². The lowest BCUT2D eigenvalue weighted by molar-refractivity contribution is -0.150. The van der Waals surface area contributed by atoms with Crippen LogP contribution in [-0.4, -0.2) is 37.1 Å². The molecule has 8 nitrogen and oxygen atoms in total. The molecular weight excluding hydrogens is 909 g/mol. The van der Waals surface area contributed by atoms with Crippen molar-refractivity contribution in [3.63, 3.8) is 0 Å². The molecule has 4 atom stereocenters. The Balaban J connectivity index is 1.61. The van der Waals surface area contributed by atoms with Crippen LogP contribution in [0.2, 0.25) is 0 Å². The van der Waals surface area contributed by atoms with Gasteiger partial charge < -0.3 is 18.9 Å². The van der Waals surface area contributed by atoms with Gasteiger partial charge >= 0.3 is 23.9 Å². The van der Waals surface area contributed by atoms with Crippen molar-refractivity contribution in [2.24, 2.45) is 23.7 Å². The lowest BCUT2D eigenvalue weighted by Gasteiger charge is -2.26. The van der Waals surface area contributed by atoms with Crippen molar-refractivity contribution in [3.8, 4) is 11.5 Å². The number of unbranched alkanes of at least 4 members (excludes halogenated alkanes) is 24. The van der Waals surface area contributed by atoms with Crippen molar-refractivity contribution in [3.05, 3.63) is 84.0 Å². The lowest BCUT2D eigenvalue weighted by atomic mass is 9.78. The van der Waals surface area contributed by atoms with Crippen LogP contribution < -0.4 is 9.47 Å². The quantitative estimate of drug-likeness (QED) is 0.0280. The van der Waals surface area contributed by atoms with Crippen LogP contribution in [0, 0.1) is 23.7 Å². The number of carbonyl (C=O) groups excluding carboxylic acids is 4. The van der Waals surface area contributed by atoms with Gasteiger partial charge in [-0.1, -0.05) is 220 Å². The van der Waals surface area contributed by atoms with Gasteiger partial charge in [-0.25, -0.2) is 0 Å². The van der Waals surface area contributed by atoms with Crippen molar-refractivity contribution in [2.45, 2.75) is 253 Å². The summed E-state index contributed by atoms with van der Waals surface area (Å²) in [4.78, 5) is 51.5. The molecule has 4 unspecified atom stereocenters. The summed E-state index contributed by atoms with van der Waals surface area (Å²) in [5.74, 6) is -2.15. The zero-order valence-electron chi connectivity index (χ0n) is 47.6. The van der Waals surface area contributed by atoms with Gasteiger partial charge in [-0.3, -0.25) is 19.2 Å². The maximum Gasteiger partial charge on any atom is 0.314 e. The number of benzene rings is 2. The van der Waals surface area contributed by atoms with Gasteiger partial charge in [0.1, 0.15) is 11.5 Å². The van der Waals surface area contributed by atoms with Crippen molar-refractivity contribution in [1.29, 1.82) is 0 Å². The fourth-order valence-electron chi connectivity index (χ4n) is 9.25. The van der Waals surface area contributed by atoms with E-state index in [1.807, 2.05) is 38.1 Å². The maximum atomic E-state index is 13.0. The molecule has 8 heteroatoms. The number of hydrogen-bond donors (Lipinski definition) is 0. The van der Waals surface area contributed by atoms with E-state index in [1.54, 1.807) is 38.1 Å². The molecule has 0 amide bonds. The number of hydrogen-bond acceptors (Lipinski definition) is 8. The Labute approximate surface area is 446 Å². The summed E-state index contributed by atoms with van der Waals surface area (Å²) in [7, 11) is 0. The second-order valence-electron chi connectivity index (χ2n) is 21.8. The predicted octanol–water partition coefficient (Wildman–Crippen LogP) is 18.3. The summed E-state index contributed by atoms with van der Waals surface area (Å²) >= 11 is 0. The van der Waals surface area contributed by atoms with Crippen LogP contribution in [0.3, 0.4) is 0 Å². The zero-order chi connectivity index (χ0) is 53.4. The molecule has 0 aliphatic rings. The van der Waals surface area contributed by atoms with E-state index in [2.05, 4.69) is 52.0 Å². The number of rotatable bonds is 44. The summed E-state index contributed by atoms with van der Waals surface area (Å²) in [5, 5.41) is 0. The molecule has 73 heavy (non-hydrogen) atoms. The van der Waals surface area contributed by atoms with Crippen LogP contribution in [0.5, 0.6) is 11.5 Å². The number of ether oxygens (including phenoxy) is 4. The molecule has 0 N–H and O–H groups in total. The Hall–Kier alpha value is -4.20. The van der Waals surface area contributed by atoms with Crippen LogP contribution in [0.25, 0.3) is 0 Å². The third kappa shape index (κ3) is 30.7. The van der Waals surface area contributed by atoms with E-state index in [-0.39, 0.29) is 23.9 Å². The molecule has 0 fully saturated rings. The molecule has 2 aromatic rings. The minimum absolute atomic E-state index is 0.266. The van der Waals surface area contributed by atoms with E-state index in [9.17, 15) is 19.2 Å². The van der Waals surface area contributed by atoms with Gasteiger partial charge in [0.15, 0.2) is 0 Å². The summed E-state index contributed by atoms with van der Waals surface area (Å²) in [6, 6.07) is 15.0. The molecule has 0 radical (unpaired) electrons. The van der Waals surface area contributed by atoms with Gasteiger partial charge in [0.05, 0.1) is 36.9 Å². The molecule has 0 saturated heterocycles. The van der Waals surface area contributed by atoms with Crippen LogP contribution in [0.15, 0.2) is 72.8 Å². The Bertz CT molecular complexity index is 1660. The number of carbonyl (C=O) groups is 4. The fraction of sp³-hybridized carbons (Fsp3) is 0.692. The topological polar surface area (TPSA) is 105 Å². The molecule has 2 rings (SSSR count). The molecular formula is C65H104O8. The number of esters is 4. The average Bonchev–Trinajstić information content (AvgIpc) is 3.38. The zero-order valence-corrected chi connectivity index (χ0v) is 47.6. The third-order valence-corrected chi connectivity index (χ3v) is 14.4. The monoisotopic (exact) mass is 1010 g/mol. The highest BCUT2D eigenvalue weighted by Gasteiger charge is 2.27. The van der Waals surface area contributed by atoms with E-state index in [4.69, 9.17) is 18.9 Å². The van der Waals surface area contributed by atoms with E-state index < -0.39 is 29.1 Å². The maximum absolute atomic E-state index is 13.0. The van der Waals surface area contributed by atoms with E-state index in [0.29, 0.717) is 37.6 Å². The van der Waals surface area contributed by atoms with Gasteiger partial charge in [-0.15, -0.1) is 0 Å². The Morgan fingerprint density at radius 2 is 0.644 bits per heavy atom. The molecule has 2 aromatic carbocycles. The van der Waals surface area contributed by atoms with E-state index in [1.165, 1.54) is 141 Å². The highest BCUT2D eigenvalue weighted by Crippen LogP contribution is 2.34. The Morgan fingerprint density at radius 1 is 0.384 bits per heavy atom. The van der Waals surface area contributed by atoms with Crippen molar-refractivity contribution in [1.82, 2.24) is 0 Å². The van der Waals surface area contributed by atoms with Crippen LogP contribution in [0.4, 0.5) is 0 Å². The van der Waals surface area contributed by atoms with Gasteiger partial charge in [0.2, 0.25) is 0 Å². The first-order chi connectivity index (χ1) is 35.3.